The lowest BCUT2D eigenvalue weighted by Gasteiger charge is -2.37. The monoisotopic (exact) mass is 393 g/mol. The molecule has 5 heteroatoms. The lowest BCUT2D eigenvalue weighted by Crippen LogP contribution is -2.52. The van der Waals surface area contributed by atoms with Crippen LogP contribution < -0.4 is 9.80 Å². The Balaban J connectivity index is 1.68. The quantitative estimate of drug-likeness (QED) is 0.797. The molecule has 2 amide bonds. The summed E-state index contributed by atoms with van der Waals surface area (Å²) in [5, 5.41) is 0. The zero-order valence-electron chi connectivity index (χ0n) is 18.2. The minimum absolute atomic E-state index is 0.00321. The lowest BCUT2D eigenvalue weighted by atomic mass is 10.0. The second-order valence-electron chi connectivity index (χ2n) is 8.06. The Labute approximate surface area is 173 Å². The Morgan fingerprint density at radius 1 is 0.897 bits per heavy atom. The highest BCUT2D eigenvalue weighted by Crippen LogP contribution is 2.27. The number of hydrogen-bond acceptors (Lipinski definition) is 3. The number of carbonyl (C=O) groups is 2. The van der Waals surface area contributed by atoms with Gasteiger partial charge in [0.05, 0.1) is 5.69 Å². The zero-order chi connectivity index (χ0) is 21.1. The molecule has 0 aliphatic carbocycles. The van der Waals surface area contributed by atoms with Crippen LogP contribution in [0.15, 0.2) is 36.4 Å². The van der Waals surface area contributed by atoms with Gasteiger partial charge in [-0.05, 0) is 56.5 Å². The van der Waals surface area contributed by atoms with Crippen LogP contribution in [-0.4, -0.2) is 49.4 Å². The predicted molar refractivity (Wildman–Crippen MR) is 119 cm³/mol. The van der Waals surface area contributed by atoms with Crippen molar-refractivity contribution in [2.75, 3.05) is 42.5 Å². The van der Waals surface area contributed by atoms with E-state index in [9.17, 15) is 9.59 Å². The van der Waals surface area contributed by atoms with Crippen molar-refractivity contribution in [3.8, 4) is 0 Å². The van der Waals surface area contributed by atoms with Gasteiger partial charge in [0.2, 0.25) is 11.8 Å². The van der Waals surface area contributed by atoms with E-state index in [2.05, 4.69) is 48.2 Å². The first-order valence-electron chi connectivity index (χ1n) is 10.2. The molecule has 0 aromatic heterocycles. The molecule has 0 atom stereocenters. The van der Waals surface area contributed by atoms with Gasteiger partial charge in [-0.2, -0.15) is 0 Å². The van der Waals surface area contributed by atoms with Gasteiger partial charge >= 0.3 is 0 Å². The van der Waals surface area contributed by atoms with Crippen molar-refractivity contribution in [2.45, 2.75) is 34.6 Å². The third-order valence-corrected chi connectivity index (χ3v) is 5.58. The number of piperazine rings is 1. The van der Waals surface area contributed by atoms with E-state index in [0.717, 1.165) is 35.5 Å². The summed E-state index contributed by atoms with van der Waals surface area (Å²) in [4.78, 5) is 31.2. The molecule has 0 radical (unpaired) electrons. The number of aryl methyl sites for hydroxylation is 4. The Kier molecular flexibility index (Phi) is 6.26. The summed E-state index contributed by atoms with van der Waals surface area (Å²) in [6.07, 6.45) is 0. The molecular weight excluding hydrogens is 362 g/mol. The second kappa shape index (κ2) is 8.68. The van der Waals surface area contributed by atoms with Gasteiger partial charge in [-0.25, -0.2) is 0 Å². The molecule has 0 N–H and O–H groups in total. The van der Waals surface area contributed by atoms with Gasteiger partial charge in [0.1, 0.15) is 6.54 Å². The van der Waals surface area contributed by atoms with Crippen molar-refractivity contribution in [2.24, 2.45) is 0 Å². The maximum absolute atomic E-state index is 13.0. The topological polar surface area (TPSA) is 43.9 Å². The fourth-order valence-electron chi connectivity index (χ4n) is 4.22. The molecule has 1 aliphatic rings. The Morgan fingerprint density at radius 3 is 2.07 bits per heavy atom. The first-order chi connectivity index (χ1) is 13.8. The molecule has 1 heterocycles. The Hall–Kier alpha value is -2.82. The summed E-state index contributed by atoms with van der Waals surface area (Å²) in [5.41, 5.74) is 6.50. The summed E-state index contributed by atoms with van der Waals surface area (Å²) >= 11 is 0. The van der Waals surface area contributed by atoms with Crippen LogP contribution in [-0.2, 0) is 9.59 Å². The van der Waals surface area contributed by atoms with Gasteiger partial charge < -0.3 is 14.7 Å². The average molecular weight is 394 g/mol. The van der Waals surface area contributed by atoms with Crippen molar-refractivity contribution in [1.82, 2.24) is 4.90 Å². The summed E-state index contributed by atoms with van der Waals surface area (Å²) in [6, 6.07) is 12.6. The predicted octanol–water partition coefficient (Wildman–Crippen LogP) is 3.62. The van der Waals surface area contributed by atoms with Gasteiger partial charge in [0, 0.05) is 38.8 Å². The fourth-order valence-corrected chi connectivity index (χ4v) is 4.22. The van der Waals surface area contributed by atoms with Crippen LogP contribution >= 0.6 is 0 Å². The van der Waals surface area contributed by atoms with Crippen molar-refractivity contribution in [3.05, 3.63) is 58.7 Å². The van der Waals surface area contributed by atoms with E-state index in [-0.39, 0.29) is 18.4 Å². The van der Waals surface area contributed by atoms with Gasteiger partial charge in [-0.3, -0.25) is 9.59 Å². The number of benzene rings is 2. The number of nitrogens with zero attached hydrogens (tertiary/aromatic N) is 3. The fraction of sp³-hybridized carbons (Fsp3) is 0.417. The minimum atomic E-state index is -0.105. The molecule has 29 heavy (non-hydrogen) atoms. The van der Waals surface area contributed by atoms with E-state index >= 15 is 0 Å². The molecule has 1 aliphatic heterocycles. The third kappa shape index (κ3) is 4.78. The molecule has 3 rings (SSSR count). The number of rotatable bonds is 4. The molecule has 5 nitrogen and oxygen atoms in total. The van der Waals surface area contributed by atoms with Crippen LogP contribution in [0.1, 0.15) is 29.2 Å². The van der Waals surface area contributed by atoms with Crippen molar-refractivity contribution in [1.29, 1.82) is 0 Å². The summed E-state index contributed by atoms with van der Waals surface area (Å²) in [6.45, 7) is 12.7. The highest BCUT2D eigenvalue weighted by molar-refractivity contribution is 5.98. The Morgan fingerprint density at radius 2 is 1.52 bits per heavy atom. The summed E-state index contributed by atoms with van der Waals surface area (Å²) in [7, 11) is 0. The molecule has 0 unspecified atom stereocenters. The van der Waals surface area contributed by atoms with E-state index in [4.69, 9.17) is 0 Å². The zero-order valence-corrected chi connectivity index (χ0v) is 18.2. The SMILES string of the molecule is CC(=O)N(CC(=O)N1CCN(c2cccc(C)c2)CC1)c1c(C)cc(C)cc1C. The summed E-state index contributed by atoms with van der Waals surface area (Å²) < 4.78 is 0. The molecule has 0 bridgehead atoms. The smallest absolute Gasteiger partial charge is 0.242 e. The van der Waals surface area contributed by atoms with E-state index in [1.165, 1.54) is 18.2 Å². The maximum Gasteiger partial charge on any atom is 0.242 e. The number of carbonyl (C=O) groups excluding carboxylic acids is 2. The molecule has 2 aromatic carbocycles. The number of anilines is 2. The highest BCUT2D eigenvalue weighted by atomic mass is 16.2. The minimum Gasteiger partial charge on any atom is -0.368 e. The molecule has 1 fully saturated rings. The van der Waals surface area contributed by atoms with Gasteiger partial charge in [-0.15, -0.1) is 0 Å². The number of amides is 2. The number of hydrogen-bond donors (Lipinski definition) is 0. The molecule has 2 aromatic rings. The van der Waals surface area contributed by atoms with Crippen LogP contribution in [0.5, 0.6) is 0 Å². The van der Waals surface area contributed by atoms with E-state index in [0.29, 0.717) is 13.1 Å². The van der Waals surface area contributed by atoms with Gasteiger partial charge in [0.15, 0.2) is 0 Å². The van der Waals surface area contributed by atoms with Gasteiger partial charge in [0.25, 0.3) is 0 Å². The Bertz CT molecular complexity index is 891. The largest absolute Gasteiger partial charge is 0.368 e. The molecule has 154 valence electrons. The van der Waals surface area contributed by atoms with Crippen LogP contribution in [0.4, 0.5) is 11.4 Å². The van der Waals surface area contributed by atoms with Crippen molar-refractivity contribution in [3.63, 3.8) is 0 Å². The van der Waals surface area contributed by atoms with E-state index < -0.39 is 0 Å². The van der Waals surface area contributed by atoms with Crippen LogP contribution in [0.2, 0.25) is 0 Å². The normalized spacial score (nSPS) is 14.1. The third-order valence-electron chi connectivity index (χ3n) is 5.58. The lowest BCUT2D eigenvalue weighted by molar-refractivity contribution is -0.131. The molecular formula is C24H31N3O2. The highest BCUT2D eigenvalue weighted by Gasteiger charge is 2.26. The first-order valence-corrected chi connectivity index (χ1v) is 10.2. The molecule has 0 saturated carbocycles. The standard InChI is InChI=1S/C24H31N3O2/c1-17-7-6-8-22(15-17)25-9-11-26(12-10-25)23(29)16-27(21(5)28)24-19(3)13-18(2)14-20(24)4/h6-8,13-15H,9-12,16H2,1-5H3. The van der Waals surface area contributed by atoms with Crippen molar-refractivity contribution >= 4 is 23.2 Å². The molecule has 1 saturated heterocycles. The maximum atomic E-state index is 13.0. The van der Waals surface area contributed by atoms with Crippen LogP contribution in [0.25, 0.3) is 0 Å². The van der Waals surface area contributed by atoms with Crippen LogP contribution in [0, 0.1) is 27.7 Å². The van der Waals surface area contributed by atoms with E-state index in [1.54, 1.807) is 4.90 Å². The second-order valence-corrected chi connectivity index (χ2v) is 8.06. The molecule has 0 spiro atoms. The average Bonchev–Trinajstić information content (AvgIpc) is 2.66. The van der Waals surface area contributed by atoms with E-state index in [1.807, 2.05) is 25.7 Å². The van der Waals surface area contributed by atoms with Crippen LogP contribution in [0.3, 0.4) is 0 Å². The first kappa shape index (κ1) is 20.9. The van der Waals surface area contributed by atoms with Crippen molar-refractivity contribution < 1.29 is 9.59 Å². The summed E-state index contributed by atoms with van der Waals surface area (Å²) in [5.74, 6) is -0.102. The van der Waals surface area contributed by atoms with Gasteiger partial charge in [-0.1, -0.05) is 29.8 Å².